The Balaban J connectivity index is 1.56. The highest BCUT2D eigenvalue weighted by Gasteiger charge is 2.28. The minimum Gasteiger partial charge on any atom is -0.467 e. The average Bonchev–Trinajstić information content (AvgIpc) is 2.73. The lowest BCUT2D eigenvalue weighted by molar-refractivity contribution is -0.138. The zero-order valence-corrected chi connectivity index (χ0v) is 19.5. The van der Waals surface area contributed by atoms with Crippen LogP contribution < -0.4 is 4.74 Å². The molecule has 1 aliphatic rings. The van der Waals surface area contributed by atoms with Crippen LogP contribution in [-0.2, 0) is 27.9 Å². The van der Waals surface area contributed by atoms with Gasteiger partial charge in [-0.2, -0.15) is 8.42 Å². The number of hydrogen-bond donors (Lipinski definition) is 1. The lowest BCUT2D eigenvalue weighted by Gasteiger charge is -2.39. The topological polar surface area (TPSA) is 100 Å². The molecule has 0 aliphatic carbocycles. The fourth-order valence-electron chi connectivity index (χ4n) is 3.67. The summed E-state index contributed by atoms with van der Waals surface area (Å²) in [6.45, 7) is 3.54. The number of ether oxygens (including phenoxy) is 1. The van der Waals surface area contributed by atoms with E-state index in [0.717, 1.165) is 6.07 Å². The molecule has 1 amide bonds. The molecular weight excluding hydrogens is 480 g/mol. The molecule has 2 aromatic rings. The van der Waals surface area contributed by atoms with Crippen molar-refractivity contribution < 1.29 is 31.3 Å². The molecule has 3 rings (SSSR count). The van der Waals surface area contributed by atoms with E-state index >= 15 is 0 Å². The summed E-state index contributed by atoms with van der Waals surface area (Å²) < 4.78 is 63.2. The molecule has 2 heterocycles. The minimum atomic E-state index is -4.19. The maximum Gasteiger partial charge on any atom is 0.265 e. The van der Waals surface area contributed by atoms with Gasteiger partial charge in [0.15, 0.2) is 18.2 Å². The molecule has 0 saturated carbocycles. The van der Waals surface area contributed by atoms with E-state index in [0.29, 0.717) is 37.3 Å². The summed E-state index contributed by atoms with van der Waals surface area (Å²) in [4.78, 5) is 20.5. The van der Waals surface area contributed by atoms with Crippen LogP contribution in [0.15, 0.2) is 30.5 Å². The molecule has 12 heteroatoms. The first-order valence-electron chi connectivity index (χ1n) is 10.2. The van der Waals surface area contributed by atoms with Crippen molar-refractivity contribution in [2.45, 2.75) is 25.9 Å². The van der Waals surface area contributed by atoms with Crippen molar-refractivity contribution >= 4 is 27.6 Å². The Bertz CT molecular complexity index is 1120. The number of nitrogens with zero attached hydrogens (tertiary/aromatic N) is 3. The van der Waals surface area contributed by atoms with E-state index in [1.165, 1.54) is 24.4 Å². The molecule has 1 saturated heterocycles. The maximum absolute atomic E-state index is 13.4. The predicted octanol–water partition coefficient (Wildman–Crippen LogP) is 2.56. The highest BCUT2D eigenvalue weighted by molar-refractivity contribution is 7.85. The molecule has 1 fully saturated rings. The number of aryl methyl sites for hydroxylation is 1. The fraction of sp³-hybridized carbons (Fsp3) is 0.429. The first-order chi connectivity index (χ1) is 15.5. The first kappa shape index (κ1) is 25.3. The van der Waals surface area contributed by atoms with E-state index in [1.54, 1.807) is 4.90 Å². The standard InChI is InChI=1S/C21H24ClF2N3O5S/c1-14-11-26(12-15-2-3-18(23)19(24)8-15)5-6-27(14)20(28)13-32-21-16(4-7-33(29,30)31)9-17(22)10-25-21/h2-3,8-10,14H,4-7,11-13H2,1H3,(H,29,30,31)/t14-/m1/s1. The Hall–Kier alpha value is -2.34. The second-order valence-corrected chi connectivity index (χ2v) is 9.87. The summed E-state index contributed by atoms with van der Waals surface area (Å²) in [6.07, 6.45) is 1.24. The molecule has 0 radical (unpaired) electrons. The van der Waals surface area contributed by atoms with Gasteiger partial charge in [-0.15, -0.1) is 0 Å². The maximum atomic E-state index is 13.4. The van der Waals surface area contributed by atoms with Crippen molar-refractivity contribution in [3.63, 3.8) is 0 Å². The smallest absolute Gasteiger partial charge is 0.265 e. The van der Waals surface area contributed by atoms with Crippen molar-refractivity contribution in [1.82, 2.24) is 14.8 Å². The number of amides is 1. The molecular formula is C21H24ClF2N3O5S. The number of carbonyl (C=O) groups is 1. The number of halogens is 3. The van der Waals surface area contributed by atoms with Crippen LogP contribution >= 0.6 is 11.6 Å². The van der Waals surface area contributed by atoms with Gasteiger partial charge in [-0.05, 0) is 37.1 Å². The van der Waals surface area contributed by atoms with Crippen molar-refractivity contribution in [3.8, 4) is 5.88 Å². The average molecular weight is 504 g/mol. The third-order valence-corrected chi connectivity index (χ3v) is 6.20. The number of pyridine rings is 1. The van der Waals surface area contributed by atoms with Crippen LogP contribution in [0.2, 0.25) is 5.02 Å². The van der Waals surface area contributed by atoms with Crippen LogP contribution in [0.1, 0.15) is 18.1 Å². The van der Waals surface area contributed by atoms with E-state index in [-0.39, 0.29) is 35.9 Å². The van der Waals surface area contributed by atoms with Crippen molar-refractivity contribution in [2.75, 3.05) is 32.0 Å². The third kappa shape index (κ3) is 7.32. The third-order valence-electron chi connectivity index (χ3n) is 5.28. The number of piperazine rings is 1. The number of aromatic nitrogens is 1. The number of rotatable bonds is 8. The van der Waals surface area contributed by atoms with Gasteiger partial charge >= 0.3 is 0 Å². The second-order valence-electron chi connectivity index (χ2n) is 7.86. The molecule has 33 heavy (non-hydrogen) atoms. The van der Waals surface area contributed by atoms with Crippen LogP contribution in [0.5, 0.6) is 5.88 Å². The molecule has 8 nitrogen and oxygen atoms in total. The number of hydrogen-bond acceptors (Lipinski definition) is 6. The molecule has 180 valence electrons. The van der Waals surface area contributed by atoms with E-state index < -0.39 is 27.5 Å². The van der Waals surface area contributed by atoms with E-state index in [9.17, 15) is 22.0 Å². The van der Waals surface area contributed by atoms with E-state index in [2.05, 4.69) is 9.88 Å². The van der Waals surface area contributed by atoms with E-state index in [1.807, 2.05) is 6.92 Å². The largest absolute Gasteiger partial charge is 0.467 e. The highest BCUT2D eigenvalue weighted by atomic mass is 35.5. The van der Waals surface area contributed by atoms with Gasteiger partial charge in [0.1, 0.15) is 0 Å². The van der Waals surface area contributed by atoms with Gasteiger partial charge in [0, 0.05) is 44.0 Å². The monoisotopic (exact) mass is 503 g/mol. The van der Waals surface area contributed by atoms with Crippen molar-refractivity contribution in [2.24, 2.45) is 0 Å². The summed E-state index contributed by atoms with van der Waals surface area (Å²) in [6, 6.07) is 5.13. The molecule has 1 aromatic heterocycles. The Labute approximate surface area is 195 Å². The Morgan fingerprint density at radius 2 is 2.03 bits per heavy atom. The zero-order chi connectivity index (χ0) is 24.2. The lowest BCUT2D eigenvalue weighted by Crippen LogP contribution is -2.54. The fourth-order valence-corrected chi connectivity index (χ4v) is 4.33. The Morgan fingerprint density at radius 1 is 1.27 bits per heavy atom. The number of carbonyl (C=O) groups excluding carboxylic acids is 1. The summed E-state index contributed by atoms with van der Waals surface area (Å²) in [5, 5.41) is 0.268. The number of benzene rings is 1. The SMILES string of the molecule is C[C@@H]1CN(Cc2ccc(F)c(F)c2)CCN1C(=O)COc1ncc(Cl)cc1CCS(=O)(=O)O. The summed E-state index contributed by atoms with van der Waals surface area (Å²) in [7, 11) is -4.19. The van der Waals surface area contributed by atoms with Gasteiger partial charge in [-0.25, -0.2) is 13.8 Å². The lowest BCUT2D eigenvalue weighted by atomic mass is 10.1. The Kier molecular flexibility index (Phi) is 8.22. The summed E-state index contributed by atoms with van der Waals surface area (Å²) >= 11 is 5.91. The molecule has 1 atom stereocenters. The minimum absolute atomic E-state index is 0.0704. The van der Waals surface area contributed by atoms with Crippen LogP contribution in [0, 0.1) is 11.6 Å². The predicted molar refractivity (Wildman–Crippen MR) is 118 cm³/mol. The van der Waals surface area contributed by atoms with E-state index in [4.69, 9.17) is 20.9 Å². The van der Waals surface area contributed by atoms with Gasteiger partial charge in [0.25, 0.3) is 16.0 Å². The molecule has 1 N–H and O–H groups in total. The quantitative estimate of drug-likeness (QED) is 0.552. The molecule has 1 aliphatic heterocycles. The highest BCUT2D eigenvalue weighted by Crippen LogP contribution is 2.21. The zero-order valence-electron chi connectivity index (χ0n) is 17.9. The van der Waals surface area contributed by atoms with Gasteiger partial charge in [-0.1, -0.05) is 17.7 Å². The van der Waals surface area contributed by atoms with Gasteiger partial charge in [0.2, 0.25) is 5.88 Å². The second kappa shape index (κ2) is 10.7. The van der Waals surface area contributed by atoms with Gasteiger partial charge in [0.05, 0.1) is 10.8 Å². The molecule has 0 unspecified atom stereocenters. The van der Waals surface area contributed by atoms with Crippen molar-refractivity contribution in [1.29, 1.82) is 0 Å². The van der Waals surface area contributed by atoms with Crippen LogP contribution in [0.4, 0.5) is 8.78 Å². The Morgan fingerprint density at radius 3 is 2.70 bits per heavy atom. The molecule has 0 spiro atoms. The van der Waals surface area contributed by atoms with Gasteiger partial charge < -0.3 is 9.64 Å². The van der Waals surface area contributed by atoms with Crippen LogP contribution in [-0.4, -0.2) is 71.7 Å². The van der Waals surface area contributed by atoms with Crippen LogP contribution in [0.25, 0.3) is 0 Å². The van der Waals surface area contributed by atoms with Gasteiger partial charge in [-0.3, -0.25) is 14.2 Å². The van der Waals surface area contributed by atoms with Crippen molar-refractivity contribution in [3.05, 3.63) is 58.2 Å². The normalized spacial score (nSPS) is 17.2. The molecule has 1 aromatic carbocycles. The summed E-state index contributed by atoms with van der Waals surface area (Å²) in [5.74, 6) is -2.51. The van der Waals surface area contributed by atoms with Crippen LogP contribution in [0.3, 0.4) is 0 Å². The summed E-state index contributed by atoms with van der Waals surface area (Å²) in [5.41, 5.74) is 1.01. The molecule has 0 bridgehead atoms. The first-order valence-corrected chi connectivity index (χ1v) is 12.2.